The molecule has 0 bridgehead atoms. The number of benzene rings is 1. The second-order valence-corrected chi connectivity index (χ2v) is 8.17. The highest BCUT2D eigenvalue weighted by Crippen LogP contribution is 2.27. The average molecular weight is 469 g/mol. The highest BCUT2D eigenvalue weighted by Gasteiger charge is 2.28. The van der Waals surface area contributed by atoms with Gasteiger partial charge in [0.15, 0.2) is 5.16 Å². The molecule has 0 aliphatic carbocycles. The third-order valence-corrected chi connectivity index (χ3v) is 5.74. The van der Waals surface area contributed by atoms with Gasteiger partial charge in [-0.05, 0) is 24.0 Å². The minimum atomic E-state index is -0.526. The summed E-state index contributed by atoms with van der Waals surface area (Å²) in [6.45, 7) is 1.86. The number of ether oxygens (including phenoxy) is 1. The van der Waals surface area contributed by atoms with Gasteiger partial charge in [0, 0.05) is 32.0 Å². The van der Waals surface area contributed by atoms with E-state index in [1.807, 2.05) is 42.5 Å². The molecule has 3 heterocycles. The zero-order valence-corrected chi connectivity index (χ0v) is 19.4. The second kappa shape index (κ2) is 9.86. The molecular formula is C21H24N8O3S. The summed E-state index contributed by atoms with van der Waals surface area (Å²) in [4.78, 5) is 37.1. The van der Waals surface area contributed by atoms with Crippen molar-refractivity contribution >= 4 is 35.3 Å². The molecule has 1 N–H and O–H groups in total. The number of hydrogen-bond acceptors (Lipinski definition) is 9. The first-order chi connectivity index (χ1) is 16.0. The lowest BCUT2D eigenvalue weighted by atomic mass is 10.1. The molecule has 33 heavy (non-hydrogen) atoms. The molecule has 1 aromatic carbocycles. The number of amides is 2. The number of fused-ring (bicyclic) bond motifs is 1. The Morgan fingerprint density at radius 2 is 2.15 bits per heavy atom. The minimum absolute atomic E-state index is 0.129. The van der Waals surface area contributed by atoms with Crippen molar-refractivity contribution in [1.82, 2.24) is 30.3 Å². The van der Waals surface area contributed by atoms with E-state index in [4.69, 9.17) is 0 Å². The summed E-state index contributed by atoms with van der Waals surface area (Å²) in [6.07, 6.45) is 4.74. The van der Waals surface area contributed by atoms with Crippen LogP contribution in [0.25, 0.3) is 0 Å². The third-order valence-electron chi connectivity index (χ3n) is 5.18. The summed E-state index contributed by atoms with van der Waals surface area (Å²) < 4.78 is 6.23. The summed E-state index contributed by atoms with van der Waals surface area (Å²) >= 11 is 1.44. The molecule has 2 amide bonds. The topological polar surface area (TPSA) is 118 Å². The van der Waals surface area contributed by atoms with E-state index in [9.17, 15) is 9.59 Å². The number of methoxy groups -OCH3 is 1. The van der Waals surface area contributed by atoms with Crippen molar-refractivity contribution in [3.8, 4) is 0 Å². The molecular weight excluding hydrogens is 444 g/mol. The fourth-order valence-corrected chi connectivity index (χ4v) is 3.82. The van der Waals surface area contributed by atoms with Gasteiger partial charge in [0.2, 0.25) is 0 Å². The van der Waals surface area contributed by atoms with Gasteiger partial charge in [-0.3, -0.25) is 4.79 Å². The number of hydrogen-bond donors (Lipinski definition) is 1. The first kappa shape index (κ1) is 22.5. The standard InChI is InChI=1S/C21H24N8O3S/c1-27-7-8-29(19(30)17-11-22-20(33-3)24-18(17)27)16-6-4-5-14(9-16)12-28-13-15(25-26-28)10-23-21(31)32-2/h4-6,9,11,13H,7-8,10,12H2,1-3H3,(H,23,31). The molecule has 1 aliphatic heterocycles. The minimum Gasteiger partial charge on any atom is -0.453 e. The van der Waals surface area contributed by atoms with E-state index in [1.54, 1.807) is 22.0 Å². The Morgan fingerprint density at radius 1 is 1.30 bits per heavy atom. The van der Waals surface area contributed by atoms with E-state index in [0.717, 1.165) is 11.3 Å². The zero-order valence-electron chi connectivity index (χ0n) is 18.6. The summed E-state index contributed by atoms with van der Waals surface area (Å²) in [5, 5.41) is 11.4. The fourth-order valence-electron chi connectivity index (χ4n) is 3.49. The van der Waals surface area contributed by atoms with E-state index in [1.165, 1.54) is 18.9 Å². The molecule has 0 atom stereocenters. The molecule has 11 nitrogen and oxygen atoms in total. The largest absolute Gasteiger partial charge is 0.453 e. The van der Waals surface area contributed by atoms with Crippen molar-refractivity contribution in [2.45, 2.75) is 18.2 Å². The van der Waals surface area contributed by atoms with Crippen molar-refractivity contribution < 1.29 is 14.3 Å². The molecule has 1 aliphatic rings. The van der Waals surface area contributed by atoms with E-state index in [0.29, 0.717) is 41.9 Å². The Morgan fingerprint density at radius 3 is 2.94 bits per heavy atom. The lowest BCUT2D eigenvalue weighted by molar-refractivity contribution is 0.0989. The van der Waals surface area contributed by atoms with Gasteiger partial charge in [-0.25, -0.2) is 19.4 Å². The Hall–Kier alpha value is -3.67. The molecule has 172 valence electrons. The van der Waals surface area contributed by atoms with Crippen LogP contribution in [-0.4, -0.2) is 70.5 Å². The van der Waals surface area contributed by atoms with E-state index >= 15 is 0 Å². The lowest BCUT2D eigenvalue weighted by Gasteiger charge is -2.21. The number of thioether (sulfide) groups is 1. The Kier molecular flexibility index (Phi) is 6.73. The quantitative estimate of drug-likeness (QED) is 0.427. The van der Waals surface area contributed by atoms with Crippen LogP contribution >= 0.6 is 11.8 Å². The van der Waals surface area contributed by atoms with Gasteiger partial charge in [0.25, 0.3) is 5.91 Å². The molecule has 2 aromatic heterocycles. The molecule has 4 rings (SSSR count). The number of likely N-dealkylation sites (N-methyl/N-ethyl adjacent to an activating group) is 1. The molecule has 12 heteroatoms. The normalized spacial score (nSPS) is 13.5. The summed E-state index contributed by atoms with van der Waals surface area (Å²) in [5.41, 5.74) is 2.85. The van der Waals surface area contributed by atoms with Crippen molar-refractivity contribution in [3.63, 3.8) is 0 Å². The predicted octanol–water partition coefficient (Wildman–Crippen LogP) is 1.79. The third kappa shape index (κ3) is 5.06. The van der Waals surface area contributed by atoms with E-state index in [2.05, 4.69) is 30.3 Å². The molecule has 0 radical (unpaired) electrons. The van der Waals surface area contributed by atoms with Crippen LogP contribution in [0.15, 0.2) is 41.8 Å². The fraction of sp³-hybridized carbons (Fsp3) is 0.333. The Bertz CT molecular complexity index is 1170. The molecule has 3 aromatic rings. The van der Waals surface area contributed by atoms with Gasteiger partial charge in [0.05, 0.1) is 26.4 Å². The highest BCUT2D eigenvalue weighted by atomic mass is 32.2. The van der Waals surface area contributed by atoms with Gasteiger partial charge in [-0.1, -0.05) is 29.1 Å². The number of aromatic nitrogens is 5. The van der Waals surface area contributed by atoms with Crippen LogP contribution in [0.2, 0.25) is 0 Å². The van der Waals surface area contributed by atoms with E-state index in [-0.39, 0.29) is 12.5 Å². The SMILES string of the molecule is COC(=O)NCc1cn(Cc2cccc(N3CCN(C)c4nc(SC)ncc4C3=O)c2)nn1. The van der Waals surface area contributed by atoms with Crippen LogP contribution in [0.3, 0.4) is 0 Å². The van der Waals surface area contributed by atoms with Crippen molar-refractivity contribution in [1.29, 1.82) is 0 Å². The van der Waals surface area contributed by atoms with Crippen molar-refractivity contribution in [2.24, 2.45) is 0 Å². The number of nitrogens with one attached hydrogen (secondary N) is 1. The number of carbonyl (C=O) groups excluding carboxylic acids is 2. The maximum absolute atomic E-state index is 13.3. The van der Waals surface area contributed by atoms with Crippen LogP contribution in [0.5, 0.6) is 0 Å². The molecule has 0 spiro atoms. The molecule has 0 fully saturated rings. The monoisotopic (exact) mass is 468 g/mol. The number of anilines is 2. The summed E-state index contributed by atoms with van der Waals surface area (Å²) in [5.74, 6) is 0.518. The first-order valence-electron chi connectivity index (χ1n) is 10.2. The predicted molar refractivity (Wildman–Crippen MR) is 124 cm³/mol. The number of carbonyl (C=O) groups is 2. The smallest absolute Gasteiger partial charge is 0.407 e. The summed E-state index contributed by atoms with van der Waals surface area (Å²) in [6, 6.07) is 7.76. The number of nitrogens with zero attached hydrogens (tertiary/aromatic N) is 7. The molecule has 0 unspecified atom stereocenters. The number of alkyl carbamates (subject to hydrolysis) is 1. The molecule has 0 saturated heterocycles. The van der Waals surface area contributed by atoms with Crippen LogP contribution in [0, 0.1) is 0 Å². The maximum atomic E-state index is 13.3. The van der Waals surface area contributed by atoms with Crippen LogP contribution < -0.4 is 15.1 Å². The van der Waals surface area contributed by atoms with Gasteiger partial charge in [-0.15, -0.1) is 5.10 Å². The Labute approximate surface area is 195 Å². The average Bonchev–Trinajstić information content (AvgIpc) is 3.24. The van der Waals surface area contributed by atoms with Gasteiger partial charge < -0.3 is 19.9 Å². The van der Waals surface area contributed by atoms with Crippen LogP contribution in [0.1, 0.15) is 21.6 Å². The van der Waals surface area contributed by atoms with Gasteiger partial charge in [-0.2, -0.15) is 0 Å². The summed E-state index contributed by atoms with van der Waals surface area (Å²) in [7, 11) is 3.24. The second-order valence-electron chi connectivity index (χ2n) is 7.39. The highest BCUT2D eigenvalue weighted by molar-refractivity contribution is 7.98. The maximum Gasteiger partial charge on any atom is 0.407 e. The zero-order chi connectivity index (χ0) is 23.4. The first-order valence-corrected chi connectivity index (χ1v) is 11.4. The number of rotatable bonds is 6. The van der Waals surface area contributed by atoms with Crippen molar-refractivity contribution in [3.05, 3.63) is 53.5 Å². The lowest BCUT2D eigenvalue weighted by Crippen LogP contribution is -2.33. The van der Waals surface area contributed by atoms with Gasteiger partial charge >= 0.3 is 6.09 Å². The van der Waals surface area contributed by atoms with E-state index < -0.39 is 6.09 Å². The van der Waals surface area contributed by atoms with Crippen LogP contribution in [-0.2, 0) is 17.8 Å². The van der Waals surface area contributed by atoms with Gasteiger partial charge in [0.1, 0.15) is 17.1 Å². The Balaban J connectivity index is 1.52. The van der Waals surface area contributed by atoms with Crippen molar-refractivity contribution in [2.75, 3.05) is 43.3 Å². The van der Waals surface area contributed by atoms with Crippen LogP contribution in [0.4, 0.5) is 16.3 Å². The molecule has 0 saturated carbocycles.